The zero-order valence-corrected chi connectivity index (χ0v) is 31.6. The van der Waals surface area contributed by atoms with Crippen molar-refractivity contribution in [2.75, 3.05) is 26.2 Å². The molecule has 2 aromatic rings. The summed E-state index contributed by atoms with van der Waals surface area (Å²) in [6.07, 6.45) is 3.80. The van der Waals surface area contributed by atoms with Crippen molar-refractivity contribution in [2.24, 2.45) is 11.8 Å². The Labute approximate surface area is 268 Å². The Hall–Kier alpha value is -0.000519. The van der Waals surface area contributed by atoms with Gasteiger partial charge in [0.25, 0.3) is 0 Å². The smallest absolute Gasteiger partial charge is 0 e. The largest absolute Gasteiger partial charge is 0.748 e. The number of nitrogens with one attached hydrogen (secondary N) is 2. The van der Waals surface area contributed by atoms with Gasteiger partial charge in [0.2, 0.25) is 0 Å². The molecule has 0 amide bonds. The molecule has 4 rings (SSSR count). The molecule has 2 aliphatic rings. The van der Waals surface area contributed by atoms with Crippen molar-refractivity contribution in [3.63, 3.8) is 0 Å². The standard InChI is InChI=1S/C31H57N2P2.C5H5.Fe/c1-27(2,3)25-17-24(31(34,21-13-15-32-18-21)22-14-16-33-19-22)23(26(25)28(4,5)6)20-35(29(7,8)9)30(10,11)12;1-2-4-5-3-1;/h17,21-22,32-33H,13-16,18-20,34H2,1-12H3;1-5H;/q-1;-5;. The molecule has 0 aliphatic carbocycles. The van der Waals surface area contributed by atoms with Gasteiger partial charge >= 0.3 is 0 Å². The molecule has 3 unspecified atom stereocenters. The van der Waals surface area contributed by atoms with Gasteiger partial charge in [-0.2, -0.15) is 16.7 Å². The summed E-state index contributed by atoms with van der Waals surface area (Å²) < 4.78 is 0. The van der Waals surface area contributed by atoms with Crippen LogP contribution in [0.2, 0.25) is 0 Å². The van der Waals surface area contributed by atoms with Gasteiger partial charge in [0.15, 0.2) is 0 Å². The van der Waals surface area contributed by atoms with Gasteiger partial charge in [-0.3, -0.25) is 0 Å². The van der Waals surface area contributed by atoms with Crippen LogP contribution in [-0.4, -0.2) is 36.5 Å². The molecule has 0 aromatic heterocycles. The molecule has 2 saturated heterocycles. The first-order valence-corrected chi connectivity index (χ1v) is 17.9. The normalized spacial score (nSPS) is 21.8. The second-order valence-electron chi connectivity index (χ2n) is 16.5. The summed E-state index contributed by atoms with van der Waals surface area (Å²) in [6, 6.07) is 12.7. The zero-order valence-electron chi connectivity index (χ0n) is 28.4. The van der Waals surface area contributed by atoms with E-state index in [2.05, 4.69) is 109 Å². The van der Waals surface area contributed by atoms with Crippen LogP contribution < -0.4 is 10.6 Å². The summed E-state index contributed by atoms with van der Waals surface area (Å²) in [7, 11) is 3.29. The fourth-order valence-corrected chi connectivity index (χ4v) is 11.9. The van der Waals surface area contributed by atoms with Crippen LogP contribution in [0, 0.1) is 11.8 Å². The molecule has 2 aliphatic heterocycles. The van der Waals surface area contributed by atoms with E-state index in [0.717, 1.165) is 26.2 Å². The topological polar surface area (TPSA) is 24.1 Å². The quantitative estimate of drug-likeness (QED) is 0.193. The molecule has 0 spiro atoms. The summed E-state index contributed by atoms with van der Waals surface area (Å²) in [5.74, 6) is 1.35. The van der Waals surface area contributed by atoms with Gasteiger partial charge in [-0.25, -0.2) is 6.07 Å². The van der Waals surface area contributed by atoms with E-state index in [9.17, 15) is 0 Å². The number of rotatable bonds is 5. The molecule has 2 heterocycles. The van der Waals surface area contributed by atoms with Crippen molar-refractivity contribution in [1.82, 2.24) is 10.6 Å². The van der Waals surface area contributed by atoms with Gasteiger partial charge in [0.05, 0.1) is 0 Å². The van der Waals surface area contributed by atoms with Crippen LogP contribution in [0.4, 0.5) is 0 Å². The minimum absolute atomic E-state index is 0. The predicted octanol–water partition coefficient (Wildman–Crippen LogP) is 9.27. The minimum atomic E-state index is -0.233. The average molecular weight is 641 g/mol. The van der Waals surface area contributed by atoms with Gasteiger partial charge in [0, 0.05) is 17.1 Å². The Bertz CT molecular complexity index is 998. The van der Waals surface area contributed by atoms with Crippen LogP contribution in [0.15, 0.2) is 36.4 Å². The van der Waals surface area contributed by atoms with Crippen LogP contribution in [0.5, 0.6) is 0 Å². The molecule has 2 N–H and O–H groups in total. The van der Waals surface area contributed by atoms with E-state index < -0.39 is 0 Å². The number of hydrogen-bond donors (Lipinski definition) is 2. The Balaban J connectivity index is 0.000000883. The van der Waals surface area contributed by atoms with E-state index >= 15 is 0 Å². The van der Waals surface area contributed by atoms with E-state index in [1.165, 1.54) is 19.0 Å². The van der Waals surface area contributed by atoms with Crippen LogP contribution in [0.25, 0.3) is 0 Å². The van der Waals surface area contributed by atoms with E-state index in [-0.39, 0.29) is 41.0 Å². The van der Waals surface area contributed by atoms with Crippen molar-refractivity contribution >= 4 is 17.2 Å². The summed E-state index contributed by atoms with van der Waals surface area (Å²) in [5, 5.41) is 8.22. The second kappa shape index (κ2) is 14.0. The Morgan fingerprint density at radius 3 is 1.46 bits per heavy atom. The molecular weight excluding hydrogens is 578 g/mol. The maximum atomic E-state index is 3.73. The molecule has 41 heavy (non-hydrogen) atoms. The molecule has 0 bridgehead atoms. The first-order valence-electron chi connectivity index (χ1n) is 15.8. The SMILES string of the molecule is CC(C)(C)c1cc(C(P)(C2CCNC2)C2CCNC2)[c-](CP(C(C)(C)C)C(C)(C)C)c1C(C)(C)C.[Fe].[cH-]1[cH-][cH-][cH-][cH-]1. The van der Waals surface area contributed by atoms with Crippen molar-refractivity contribution in [3.05, 3.63) is 58.7 Å². The van der Waals surface area contributed by atoms with Crippen molar-refractivity contribution in [1.29, 1.82) is 0 Å². The fourth-order valence-electron chi connectivity index (χ4n) is 7.46. The first kappa shape index (κ1) is 37.2. The third kappa shape index (κ3) is 8.80. The van der Waals surface area contributed by atoms with Gasteiger partial charge in [0.1, 0.15) is 0 Å². The molecule has 2 aromatic carbocycles. The third-order valence-electron chi connectivity index (χ3n) is 9.17. The van der Waals surface area contributed by atoms with Crippen molar-refractivity contribution in [2.45, 2.75) is 128 Å². The van der Waals surface area contributed by atoms with E-state index in [1.807, 2.05) is 30.3 Å². The predicted molar refractivity (Wildman–Crippen MR) is 185 cm³/mol. The van der Waals surface area contributed by atoms with Gasteiger partial charge in [-0.1, -0.05) is 94.7 Å². The monoisotopic (exact) mass is 640 g/mol. The third-order valence-corrected chi connectivity index (χ3v) is 14.3. The van der Waals surface area contributed by atoms with Gasteiger partial charge < -0.3 is 41.0 Å². The van der Waals surface area contributed by atoms with Gasteiger partial charge in [-0.15, -0.1) is 22.7 Å². The molecule has 0 saturated carbocycles. The van der Waals surface area contributed by atoms with Gasteiger partial charge in [-0.05, 0) is 71.7 Å². The second-order valence-corrected chi connectivity index (χ2v) is 21.3. The summed E-state index contributed by atoms with van der Waals surface area (Å²) in [6.45, 7) is 34.2. The average Bonchev–Trinajstić information content (AvgIpc) is 3.62. The molecule has 0 radical (unpaired) electrons. The van der Waals surface area contributed by atoms with Crippen LogP contribution in [-0.2, 0) is 39.2 Å². The molecular formula is C36H62FeN2P2-6. The fraction of sp³-hybridized carbons (Fsp3) is 0.722. The van der Waals surface area contributed by atoms with Crippen LogP contribution in [0.3, 0.4) is 0 Å². The van der Waals surface area contributed by atoms with Crippen LogP contribution in [0.1, 0.15) is 118 Å². The Morgan fingerprint density at radius 2 is 1.17 bits per heavy atom. The van der Waals surface area contributed by atoms with Crippen molar-refractivity contribution in [3.8, 4) is 0 Å². The maximum Gasteiger partial charge on any atom is 0 e. The van der Waals surface area contributed by atoms with E-state index in [4.69, 9.17) is 0 Å². The minimum Gasteiger partial charge on any atom is -0.748 e. The van der Waals surface area contributed by atoms with Crippen molar-refractivity contribution < 1.29 is 17.1 Å². The summed E-state index contributed by atoms with van der Waals surface area (Å²) >= 11 is 0. The number of hydrogen-bond acceptors (Lipinski definition) is 2. The Kier molecular flexibility index (Phi) is 12.7. The molecule has 2 nitrogen and oxygen atoms in total. The maximum absolute atomic E-state index is 3.73. The molecule has 240 valence electrons. The van der Waals surface area contributed by atoms with E-state index in [0.29, 0.717) is 22.1 Å². The molecule has 3 atom stereocenters. The molecule has 2 fully saturated rings. The summed E-state index contributed by atoms with van der Waals surface area (Å²) in [4.78, 5) is 0. The Morgan fingerprint density at radius 1 is 0.756 bits per heavy atom. The van der Waals surface area contributed by atoms with Crippen LogP contribution >= 0.6 is 17.2 Å². The molecule has 5 heteroatoms. The summed E-state index contributed by atoms with van der Waals surface area (Å²) in [5.41, 5.74) is 6.91. The van der Waals surface area contributed by atoms with E-state index in [1.54, 1.807) is 22.3 Å². The zero-order chi connectivity index (χ0) is 30.1. The first-order chi connectivity index (χ1) is 18.3.